The fourth-order valence-corrected chi connectivity index (χ4v) is 5.76. The Balaban J connectivity index is 1.39. The van der Waals surface area contributed by atoms with E-state index in [0.29, 0.717) is 33.2 Å². The molecule has 0 radical (unpaired) electrons. The molecule has 1 amide bonds. The summed E-state index contributed by atoms with van der Waals surface area (Å²) < 4.78 is 40.8. The van der Waals surface area contributed by atoms with E-state index in [-0.39, 0.29) is 35.6 Å². The molecule has 2 aromatic carbocycles. The van der Waals surface area contributed by atoms with E-state index >= 15 is 0 Å². The Bertz CT molecular complexity index is 1160. The molecule has 4 rings (SSSR count). The van der Waals surface area contributed by atoms with Gasteiger partial charge in [0.15, 0.2) is 5.13 Å². The molecule has 1 saturated heterocycles. The average Bonchev–Trinajstić information content (AvgIpc) is 3.09. The summed E-state index contributed by atoms with van der Waals surface area (Å²) in [5.74, 6) is -0.864. The van der Waals surface area contributed by atoms with Crippen LogP contribution in [0.15, 0.2) is 47.4 Å². The predicted octanol–water partition coefficient (Wildman–Crippen LogP) is 4.13. The number of thiazole rings is 1. The quantitative estimate of drug-likeness (QED) is 0.644. The Morgan fingerprint density at radius 2 is 1.86 bits per heavy atom. The molecule has 152 valence electrons. The van der Waals surface area contributed by atoms with Gasteiger partial charge in [-0.15, -0.1) is 0 Å². The first-order chi connectivity index (χ1) is 13.8. The number of rotatable bonds is 4. The summed E-state index contributed by atoms with van der Waals surface area (Å²) in [5.41, 5.74) is 0.621. The van der Waals surface area contributed by atoms with Gasteiger partial charge in [0.1, 0.15) is 5.82 Å². The van der Waals surface area contributed by atoms with Gasteiger partial charge in [-0.3, -0.25) is 4.79 Å². The topological polar surface area (TPSA) is 79.4 Å². The molecule has 0 bridgehead atoms. The maximum atomic E-state index is 13.3. The van der Waals surface area contributed by atoms with Crippen LogP contribution in [-0.4, -0.2) is 36.7 Å². The molecule has 3 aromatic rings. The van der Waals surface area contributed by atoms with Crippen molar-refractivity contribution in [2.24, 2.45) is 5.92 Å². The predicted molar refractivity (Wildman–Crippen MR) is 111 cm³/mol. The molecule has 1 aliphatic heterocycles. The largest absolute Gasteiger partial charge is 0.302 e. The lowest BCUT2D eigenvalue weighted by atomic mass is 9.97. The van der Waals surface area contributed by atoms with Crippen molar-refractivity contribution in [1.29, 1.82) is 0 Å². The number of hydrogen-bond donors (Lipinski definition) is 1. The lowest BCUT2D eigenvalue weighted by Gasteiger charge is -2.30. The molecule has 0 spiro atoms. The average molecular weight is 454 g/mol. The zero-order chi connectivity index (χ0) is 20.6. The molecule has 6 nitrogen and oxygen atoms in total. The van der Waals surface area contributed by atoms with Gasteiger partial charge in [-0.1, -0.05) is 22.9 Å². The van der Waals surface area contributed by atoms with Gasteiger partial charge in [-0.2, -0.15) is 4.31 Å². The highest BCUT2D eigenvalue weighted by molar-refractivity contribution is 7.89. The fourth-order valence-electron chi connectivity index (χ4n) is 3.27. The second-order valence-electron chi connectivity index (χ2n) is 6.75. The van der Waals surface area contributed by atoms with Crippen molar-refractivity contribution in [2.75, 3.05) is 18.4 Å². The Hall–Kier alpha value is -2.07. The Kier molecular flexibility index (Phi) is 5.56. The van der Waals surface area contributed by atoms with Crippen molar-refractivity contribution in [3.05, 3.63) is 53.3 Å². The Morgan fingerprint density at radius 3 is 2.55 bits per heavy atom. The number of nitrogens with zero attached hydrogens (tertiary/aromatic N) is 2. The van der Waals surface area contributed by atoms with Crippen molar-refractivity contribution in [3.63, 3.8) is 0 Å². The van der Waals surface area contributed by atoms with E-state index < -0.39 is 10.0 Å². The Morgan fingerprint density at radius 1 is 1.17 bits per heavy atom. The third kappa shape index (κ3) is 4.28. The van der Waals surface area contributed by atoms with Gasteiger partial charge in [-0.25, -0.2) is 17.8 Å². The molecule has 0 unspecified atom stereocenters. The minimum Gasteiger partial charge on any atom is -0.302 e. The van der Waals surface area contributed by atoms with Gasteiger partial charge < -0.3 is 5.32 Å². The van der Waals surface area contributed by atoms with Crippen LogP contribution in [0.1, 0.15) is 12.8 Å². The molecule has 0 aliphatic carbocycles. The molecular formula is C19H17ClFN3O3S2. The van der Waals surface area contributed by atoms with Crippen LogP contribution in [0.3, 0.4) is 0 Å². The number of amides is 1. The fraction of sp³-hybridized carbons (Fsp3) is 0.263. The molecular weight excluding hydrogens is 437 g/mol. The van der Waals surface area contributed by atoms with E-state index in [1.807, 2.05) is 0 Å². The van der Waals surface area contributed by atoms with Crippen molar-refractivity contribution in [2.45, 2.75) is 17.7 Å². The van der Waals surface area contributed by atoms with Gasteiger partial charge in [0.25, 0.3) is 0 Å². The second kappa shape index (κ2) is 7.98. The van der Waals surface area contributed by atoms with Crippen LogP contribution in [-0.2, 0) is 14.8 Å². The summed E-state index contributed by atoms with van der Waals surface area (Å²) in [4.78, 5) is 17.1. The van der Waals surface area contributed by atoms with E-state index in [4.69, 9.17) is 11.6 Å². The van der Waals surface area contributed by atoms with Crippen LogP contribution in [0.2, 0.25) is 5.02 Å². The smallest absolute Gasteiger partial charge is 0.243 e. The van der Waals surface area contributed by atoms with Crippen LogP contribution in [0.5, 0.6) is 0 Å². The van der Waals surface area contributed by atoms with Gasteiger partial charge in [0.2, 0.25) is 15.9 Å². The highest BCUT2D eigenvalue weighted by Gasteiger charge is 2.32. The first-order valence-corrected chi connectivity index (χ1v) is 11.6. The van der Waals surface area contributed by atoms with Crippen LogP contribution < -0.4 is 5.32 Å². The van der Waals surface area contributed by atoms with E-state index in [2.05, 4.69) is 10.3 Å². The molecule has 1 N–H and O–H groups in total. The monoisotopic (exact) mass is 453 g/mol. The molecule has 0 atom stereocenters. The van der Waals surface area contributed by atoms with Gasteiger partial charge in [0, 0.05) is 24.0 Å². The van der Waals surface area contributed by atoms with E-state index in [1.165, 1.54) is 39.9 Å². The molecule has 1 aromatic heterocycles. The van der Waals surface area contributed by atoms with Crippen LogP contribution in [0, 0.1) is 11.7 Å². The standard InChI is InChI=1S/C19H17ClFN3O3S2/c20-13-1-4-15(5-2-13)29(26,27)24-9-7-12(8-10-24)18(25)23-19-22-16-6-3-14(21)11-17(16)28-19/h1-6,11-12H,7-10H2,(H,22,23,25). The number of benzene rings is 2. The lowest BCUT2D eigenvalue weighted by molar-refractivity contribution is -0.120. The van der Waals surface area contributed by atoms with Crippen molar-refractivity contribution >= 4 is 54.2 Å². The molecule has 10 heteroatoms. The van der Waals surface area contributed by atoms with E-state index in [0.717, 1.165) is 0 Å². The van der Waals surface area contributed by atoms with Gasteiger partial charge >= 0.3 is 0 Å². The van der Waals surface area contributed by atoms with Crippen molar-refractivity contribution in [3.8, 4) is 0 Å². The van der Waals surface area contributed by atoms with Crippen LogP contribution in [0.25, 0.3) is 10.2 Å². The number of piperidine rings is 1. The van der Waals surface area contributed by atoms with Crippen molar-refractivity contribution in [1.82, 2.24) is 9.29 Å². The number of sulfonamides is 1. The maximum absolute atomic E-state index is 13.3. The van der Waals surface area contributed by atoms with Gasteiger partial charge in [0.05, 0.1) is 15.1 Å². The normalized spacial score (nSPS) is 16.2. The zero-order valence-electron chi connectivity index (χ0n) is 15.1. The number of carbonyl (C=O) groups excluding carboxylic acids is 1. The minimum atomic E-state index is -3.61. The van der Waals surface area contributed by atoms with Gasteiger partial charge in [-0.05, 0) is 55.3 Å². The Labute approximate surface area is 176 Å². The third-order valence-electron chi connectivity index (χ3n) is 4.86. The molecule has 0 saturated carbocycles. The number of anilines is 1. The number of halogens is 2. The van der Waals surface area contributed by atoms with Crippen LogP contribution in [0.4, 0.5) is 9.52 Å². The number of carbonyl (C=O) groups is 1. The molecule has 1 aliphatic rings. The van der Waals surface area contributed by atoms with Crippen molar-refractivity contribution < 1.29 is 17.6 Å². The summed E-state index contributed by atoms with van der Waals surface area (Å²) in [5, 5.41) is 3.65. The summed E-state index contributed by atoms with van der Waals surface area (Å²) in [7, 11) is -3.61. The first-order valence-electron chi connectivity index (χ1n) is 8.95. The summed E-state index contributed by atoms with van der Waals surface area (Å²) in [6, 6.07) is 10.3. The maximum Gasteiger partial charge on any atom is 0.243 e. The highest BCUT2D eigenvalue weighted by Crippen LogP contribution is 2.29. The summed E-state index contributed by atoms with van der Waals surface area (Å²) in [6.07, 6.45) is 0.830. The number of hydrogen-bond acceptors (Lipinski definition) is 5. The molecule has 2 heterocycles. The number of aromatic nitrogens is 1. The van der Waals surface area contributed by atoms with E-state index in [9.17, 15) is 17.6 Å². The molecule has 1 fully saturated rings. The second-order valence-corrected chi connectivity index (χ2v) is 10.2. The highest BCUT2D eigenvalue weighted by atomic mass is 35.5. The number of nitrogens with one attached hydrogen (secondary N) is 1. The summed E-state index contributed by atoms with van der Waals surface area (Å²) >= 11 is 7.03. The number of fused-ring (bicyclic) bond motifs is 1. The zero-order valence-corrected chi connectivity index (χ0v) is 17.5. The van der Waals surface area contributed by atoms with Crippen LogP contribution >= 0.6 is 22.9 Å². The lowest BCUT2D eigenvalue weighted by Crippen LogP contribution is -2.41. The molecule has 29 heavy (non-hydrogen) atoms. The minimum absolute atomic E-state index is 0.187. The van der Waals surface area contributed by atoms with E-state index in [1.54, 1.807) is 18.2 Å². The third-order valence-corrected chi connectivity index (χ3v) is 7.96. The summed E-state index contributed by atoms with van der Waals surface area (Å²) in [6.45, 7) is 0.516. The SMILES string of the molecule is O=C(Nc1nc2ccc(F)cc2s1)C1CCN(S(=O)(=O)c2ccc(Cl)cc2)CC1. The first kappa shape index (κ1) is 20.2.